The van der Waals surface area contributed by atoms with Crippen molar-refractivity contribution in [3.63, 3.8) is 0 Å². The number of hydrogen-bond acceptors (Lipinski definition) is 3. The second-order valence-electron chi connectivity index (χ2n) is 5.20. The van der Waals surface area contributed by atoms with Crippen molar-refractivity contribution >= 4 is 0 Å². The van der Waals surface area contributed by atoms with Crippen LogP contribution in [0.5, 0.6) is 11.5 Å². The largest absolute Gasteiger partial charge is 0.486 e. The topological polar surface area (TPSA) is 30.5 Å². The minimum atomic E-state index is 0.182. The van der Waals surface area contributed by atoms with Crippen LogP contribution in [0.15, 0.2) is 48.5 Å². The molecule has 0 saturated heterocycles. The van der Waals surface area contributed by atoms with Gasteiger partial charge in [-0.15, -0.1) is 0 Å². The number of fused-ring (bicyclic) bond motifs is 1. The first kappa shape index (κ1) is 14.0. The Bertz CT molecular complexity index is 583. The molecule has 0 bridgehead atoms. The van der Waals surface area contributed by atoms with Crippen LogP contribution in [0.25, 0.3) is 0 Å². The molecule has 2 aromatic rings. The summed E-state index contributed by atoms with van der Waals surface area (Å²) in [7, 11) is 0. The number of benzene rings is 2. The summed E-state index contributed by atoms with van der Waals surface area (Å²) in [6, 6.07) is 16.9. The molecule has 1 unspecified atom stereocenters. The highest BCUT2D eigenvalue weighted by Gasteiger charge is 2.17. The van der Waals surface area contributed by atoms with Gasteiger partial charge in [0.05, 0.1) is 6.04 Å². The Morgan fingerprint density at radius 2 is 1.71 bits per heavy atom. The van der Waals surface area contributed by atoms with Crippen LogP contribution in [-0.4, -0.2) is 19.8 Å². The van der Waals surface area contributed by atoms with Crippen molar-refractivity contribution in [1.29, 1.82) is 0 Å². The van der Waals surface area contributed by atoms with Crippen LogP contribution in [0.4, 0.5) is 0 Å². The van der Waals surface area contributed by atoms with Gasteiger partial charge in [0.25, 0.3) is 0 Å². The van der Waals surface area contributed by atoms with E-state index in [0.717, 1.165) is 24.5 Å². The maximum absolute atomic E-state index is 5.70. The van der Waals surface area contributed by atoms with Gasteiger partial charge in [-0.05, 0) is 36.2 Å². The second-order valence-corrected chi connectivity index (χ2v) is 5.20. The maximum Gasteiger partial charge on any atom is 0.161 e. The van der Waals surface area contributed by atoms with Crippen LogP contribution in [0, 0.1) is 0 Å². The van der Waals surface area contributed by atoms with Gasteiger partial charge in [0.1, 0.15) is 13.2 Å². The second kappa shape index (κ2) is 6.64. The number of hydrogen-bond donors (Lipinski definition) is 1. The molecule has 0 amide bonds. The fraction of sp³-hybridized carbons (Fsp3) is 0.333. The Kier molecular flexibility index (Phi) is 4.41. The standard InChI is InChI=1S/C18H21NO2/c1-2-10-19-18(14-6-4-3-5-7-14)15-8-9-16-17(13-15)21-12-11-20-16/h3-9,13,18-19H,2,10-12H2,1H3. The van der Waals surface area contributed by atoms with Gasteiger partial charge in [0.15, 0.2) is 11.5 Å². The average Bonchev–Trinajstić information content (AvgIpc) is 2.56. The molecule has 0 radical (unpaired) electrons. The van der Waals surface area contributed by atoms with Gasteiger partial charge >= 0.3 is 0 Å². The average molecular weight is 283 g/mol. The molecule has 21 heavy (non-hydrogen) atoms. The lowest BCUT2D eigenvalue weighted by Gasteiger charge is -2.23. The third-order valence-corrected chi connectivity index (χ3v) is 3.63. The molecule has 110 valence electrons. The van der Waals surface area contributed by atoms with Crippen molar-refractivity contribution in [2.75, 3.05) is 19.8 Å². The number of nitrogens with one attached hydrogen (secondary N) is 1. The van der Waals surface area contributed by atoms with Crippen molar-refractivity contribution < 1.29 is 9.47 Å². The Morgan fingerprint density at radius 1 is 0.952 bits per heavy atom. The van der Waals surface area contributed by atoms with Crippen LogP contribution in [0.3, 0.4) is 0 Å². The molecule has 3 heteroatoms. The zero-order valence-corrected chi connectivity index (χ0v) is 12.3. The van der Waals surface area contributed by atoms with E-state index < -0.39 is 0 Å². The summed E-state index contributed by atoms with van der Waals surface area (Å²) >= 11 is 0. The lowest BCUT2D eigenvalue weighted by molar-refractivity contribution is 0.171. The third kappa shape index (κ3) is 3.19. The molecular weight excluding hydrogens is 262 g/mol. The summed E-state index contributed by atoms with van der Waals surface area (Å²) in [6.45, 7) is 4.41. The maximum atomic E-state index is 5.70. The van der Waals surface area contributed by atoms with Crippen LogP contribution < -0.4 is 14.8 Å². The van der Waals surface area contributed by atoms with Crippen LogP contribution in [0.1, 0.15) is 30.5 Å². The van der Waals surface area contributed by atoms with E-state index >= 15 is 0 Å². The van der Waals surface area contributed by atoms with E-state index in [1.807, 2.05) is 12.1 Å². The fourth-order valence-electron chi connectivity index (χ4n) is 2.60. The lowest BCUT2D eigenvalue weighted by atomic mass is 9.98. The molecule has 0 spiro atoms. The molecule has 1 aliphatic rings. The molecule has 3 rings (SSSR count). The van der Waals surface area contributed by atoms with Crippen molar-refractivity contribution in [3.05, 3.63) is 59.7 Å². The number of ether oxygens (including phenoxy) is 2. The molecule has 1 heterocycles. The summed E-state index contributed by atoms with van der Waals surface area (Å²) in [5.41, 5.74) is 2.47. The predicted octanol–water partition coefficient (Wildman–Crippen LogP) is 3.55. The van der Waals surface area contributed by atoms with Gasteiger partial charge in [-0.1, -0.05) is 43.3 Å². The van der Waals surface area contributed by atoms with Crippen molar-refractivity contribution in [2.45, 2.75) is 19.4 Å². The minimum absolute atomic E-state index is 0.182. The molecule has 2 aromatic carbocycles. The molecular formula is C18H21NO2. The first-order chi connectivity index (χ1) is 10.4. The molecule has 0 saturated carbocycles. The van der Waals surface area contributed by atoms with Crippen LogP contribution in [0.2, 0.25) is 0 Å². The lowest BCUT2D eigenvalue weighted by Crippen LogP contribution is -2.23. The van der Waals surface area contributed by atoms with E-state index in [0.29, 0.717) is 13.2 Å². The van der Waals surface area contributed by atoms with Gasteiger partial charge in [0, 0.05) is 0 Å². The predicted molar refractivity (Wildman–Crippen MR) is 84.0 cm³/mol. The van der Waals surface area contributed by atoms with Crippen molar-refractivity contribution in [3.8, 4) is 11.5 Å². The van der Waals surface area contributed by atoms with E-state index in [9.17, 15) is 0 Å². The quantitative estimate of drug-likeness (QED) is 0.910. The third-order valence-electron chi connectivity index (χ3n) is 3.63. The molecule has 0 aromatic heterocycles. The fourth-order valence-corrected chi connectivity index (χ4v) is 2.60. The van der Waals surface area contributed by atoms with Crippen molar-refractivity contribution in [1.82, 2.24) is 5.32 Å². The SMILES string of the molecule is CCCNC(c1ccccc1)c1ccc2c(c1)OCCO2. The minimum Gasteiger partial charge on any atom is -0.486 e. The first-order valence-electron chi connectivity index (χ1n) is 7.56. The van der Waals surface area contributed by atoms with E-state index in [4.69, 9.17) is 9.47 Å². The summed E-state index contributed by atoms with van der Waals surface area (Å²) < 4.78 is 11.3. The highest BCUT2D eigenvalue weighted by atomic mass is 16.6. The smallest absolute Gasteiger partial charge is 0.161 e. The van der Waals surface area contributed by atoms with Gasteiger partial charge in [-0.2, -0.15) is 0 Å². The highest BCUT2D eigenvalue weighted by Crippen LogP contribution is 2.34. The van der Waals surface area contributed by atoms with Gasteiger partial charge in [-0.25, -0.2) is 0 Å². The molecule has 1 aliphatic heterocycles. The first-order valence-corrected chi connectivity index (χ1v) is 7.56. The zero-order chi connectivity index (χ0) is 14.5. The number of rotatable bonds is 5. The molecule has 1 atom stereocenters. The molecule has 0 fully saturated rings. The van der Waals surface area contributed by atoms with E-state index in [2.05, 4.69) is 48.6 Å². The Labute approximate surface area is 125 Å². The summed E-state index contributed by atoms with van der Waals surface area (Å²) in [5.74, 6) is 1.69. The summed E-state index contributed by atoms with van der Waals surface area (Å²) in [6.07, 6.45) is 1.11. The van der Waals surface area contributed by atoms with E-state index in [1.54, 1.807) is 0 Å². The molecule has 1 N–H and O–H groups in total. The van der Waals surface area contributed by atoms with E-state index in [1.165, 1.54) is 11.1 Å². The normalized spacial score (nSPS) is 14.7. The molecule has 3 nitrogen and oxygen atoms in total. The monoisotopic (exact) mass is 283 g/mol. The highest BCUT2D eigenvalue weighted by molar-refractivity contribution is 5.46. The van der Waals surface area contributed by atoms with Crippen LogP contribution in [-0.2, 0) is 0 Å². The van der Waals surface area contributed by atoms with Gasteiger partial charge in [0.2, 0.25) is 0 Å². The Hall–Kier alpha value is -2.00. The van der Waals surface area contributed by atoms with Crippen molar-refractivity contribution in [2.24, 2.45) is 0 Å². The van der Waals surface area contributed by atoms with Gasteiger partial charge < -0.3 is 14.8 Å². The molecule has 0 aliphatic carbocycles. The van der Waals surface area contributed by atoms with Gasteiger partial charge in [-0.3, -0.25) is 0 Å². The summed E-state index contributed by atoms with van der Waals surface area (Å²) in [5, 5.41) is 3.61. The summed E-state index contributed by atoms with van der Waals surface area (Å²) in [4.78, 5) is 0. The van der Waals surface area contributed by atoms with Crippen LogP contribution >= 0.6 is 0 Å². The zero-order valence-electron chi connectivity index (χ0n) is 12.3. The van der Waals surface area contributed by atoms with E-state index in [-0.39, 0.29) is 6.04 Å². The Balaban J connectivity index is 1.92. The Morgan fingerprint density at radius 3 is 2.48 bits per heavy atom.